The number of sulfonamides is 1. The zero-order valence-electron chi connectivity index (χ0n) is 17.6. The van der Waals surface area contributed by atoms with E-state index >= 15 is 0 Å². The number of amides is 1. The Morgan fingerprint density at radius 3 is 2.29 bits per heavy atom. The second kappa shape index (κ2) is 9.05. The second-order valence-corrected chi connectivity index (χ2v) is 9.64. The summed E-state index contributed by atoms with van der Waals surface area (Å²) in [5.41, 5.74) is 0.506. The molecule has 28 heavy (non-hydrogen) atoms. The fourth-order valence-electron chi connectivity index (χ4n) is 3.40. The van der Waals surface area contributed by atoms with Crippen LogP contribution in [0.3, 0.4) is 0 Å². The van der Waals surface area contributed by atoms with Gasteiger partial charge in [0.1, 0.15) is 11.9 Å². The average Bonchev–Trinajstić information content (AvgIpc) is 2.86. The molecule has 1 aliphatic rings. The van der Waals surface area contributed by atoms with Gasteiger partial charge >= 0.3 is 0 Å². The molecule has 0 radical (unpaired) electrons. The van der Waals surface area contributed by atoms with E-state index in [1.54, 1.807) is 18.2 Å². The minimum Gasteiger partial charge on any atom is -0.353 e. The van der Waals surface area contributed by atoms with Crippen LogP contribution in [-0.2, 0) is 14.8 Å². The first kappa shape index (κ1) is 22.4. The number of benzene rings is 1. The molecule has 156 valence electrons. The van der Waals surface area contributed by atoms with Crippen LogP contribution in [0, 0.1) is 5.92 Å². The lowest BCUT2D eigenvalue weighted by Gasteiger charge is -2.30. The van der Waals surface area contributed by atoms with E-state index in [2.05, 4.69) is 47.6 Å². The Labute approximate surface area is 168 Å². The van der Waals surface area contributed by atoms with Gasteiger partial charge < -0.3 is 5.32 Å². The van der Waals surface area contributed by atoms with Crippen molar-refractivity contribution in [3.8, 4) is 0 Å². The van der Waals surface area contributed by atoms with Gasteiger partial charge in [-0.2, -0.15) is 0 Å². The zero-order valence-corrected chi connectivity index (χ0v) is 18.4. The smallest absolute Gasteiger partial charge is 0.263 e. The predicted octanol–water partition coefficient (Wildman–Crippen LogP) is 1.98. The fourth-order valence-corrected chi connectivity index (χ4v) is 4.64. The lowest BCUT2D eigenvalue weighted by Crippen LogP contribution is -2.45. The number of carbonyl (C=O) groups excluding carboxylic acids is 1. The highest BCUT2D eigenvalue weighted by Gasteiger charge is 2.32. The molecule has 1 heterocycles. The Kier molecular flexibility index (Phi) is 7.22. The van der Waals surface area contributed by atoms with Crippen LogP contribution in [0.2, 0.25) is 0 Å². The van der Waals surface area contributed by atoms with E-state index in [0.717, 1.165) is 6.54 Å². The average molecular weight is 409 g/mol. The van der Waals surface area contributed by atoms with Crippen molar-refractivity contribution in [2.45, 2.75) is 64.6 Å². The summed E-state index contributed by atoms with van der Waals surface area (Å²) in [5, 5.41) is 2.96. The van der Waals surface area contributed by atoms with Crippen molar-refractivity contribution >= 4 is 21.8 Å². The number of rotatable bonds is 8. The Bertz CT molecular complexity index is 824. The first-order chi connectivity index (χ1) is 13.0. The molecule has 1 aliphatic heterocycles. The number of aliphatic imine (C=N–C) groups is 1. The van der Waals surface area contributed by atoms with E-state index in [1.165, 1.54) is 6.07 Å². The van der Waals surface area contributed by atoms with E-state index in [-0.39, 0.29) is 22.6 Å². The van der Waals surface area contributed by atoms with E-state index in [0.29, 0.717) is 24.2 Å². The van der Waals surface area contributed by atoms with Gasteiger partial charge in [-0.1, -0.05) is 26.0 Å². The van der Waals surface area contributed by atoms with E-state index < -0.39 is 16.1 Å². The Morgan fingerprint density at radius 1 is 1.11 bits per heavy atom. The molecule has 0 saturated heterocycles. The standard InChI is InChI=1S/C20H32N4O3S/c1-13(2)18(20(25)21-11-12-24(14(3)4)15(5)6)22-19-16-9-7-8-10-17(16)28(26,27)23-19/h7-10,13-15,18H,11-12H2,1-6H3,(H,21,25)(H,22,23)/t18-/m0/s1. The third-order valence-corrected chi connectivity index (χ3v) is 6.22. The summed E-state index contributed by atoms with van der Waals surface area (Å²) in [4.78, 5) is 19.7. The Morgan fingerprint density at radius 2 is 1.71 bits per heavy atom. The normalized spacial score (nSPS) is 18.0. The Hall–Kier alpha value is -1.93. The van der Waals surface area contributed by atoms with Crippen molar-refractivity contribution in [2.75, 3.05) is 13.1 Å². The zero-order chi connectivity index (χ0) is 21.1. The topological polar surface area (TPSA) is 90.9 Å². The molecule has 1 aromatic carbocycles. The van der Waals surface area contributed by atoms with E-state index in [1.807, 2.05) is 13.8 Å². The molecular weight excluding hydrogens is 376 g/mol. The second-order valence-electron chi connectivity index (χ2n) is 7.98. The number of fused-ring (bicyclic) bond motifs is 1. The van der Waals surface area contributed by atoms with E-state index in [9.17, 15) is 13.2 Å². The van der Waals surface area contributed by atoms with Crippen molar-refractivity contribution in [1.82, 2.24) is 14.9 Å². The van der Waals surface area contributed by atoms with Crippen molar-refractivity contribution in [1.29, 1.82) is 0 Å². The molecule has 0 aliphatic carbocycles. The minimum atomic E-state index is -3.62. The van der Waals surface area contributed by atoms with E-state index in [4.69, 9.17) is 0 Å². The minimum absolute atomic E-state index is 0.0731. The number of carbonyl (C=O) groups is 1. The molecule has 1 aromatic rings. The number of hydrogen-bond donors (Lipinski definition) is 2. The van der Waals surface area contributed by atoms with Gasteiger partial charge in [0.2, 0.25) is 5.91 Å². The molecule has 0 aromatic heterocycles. The summed E-state index contributed by atoms with van der Waals surface area (Å²) in [7, 11) is -3.62. The largest absolute Gasteiger partial charge is 0.353 e. The monoisotopic (exact) mass is 408 g/mol. The van der Waals surface area contributed by atoms with Gasteiger partial charge in [-0.3, -0.25) is 19.4 Å². The molecule has 2 N–H and O–H groups in total. The first-order valence-corrected chi connectivity index (χ1v) is 11.3. The molecule has 0 unspecified atom stereocenters. The number of nitrogens with zero attached hydrogens (tertiary/aromatic N) is 2. The van der Waals surface area contributed by atoms with Crippen molar-refractivity contribution in [3.05, 3.63) is 29.8 Å². The van der Waals surface area contributed by atoms with Gasteiger partial charge in [-0.25, -0.2) is 8.42 Å². The summed E-state index contributed by atoms with van der Waals surface area (Å²) in [5.74, 6) is -0.0370. The SMILES string of the molecule is CC(C)[C@H](N=C1NS(=O)(=O)c2ccccc21)C(=O)NCCN(C(C)C)C(C)C. The van der Waals surface area contributed by atoms with Crippen LogP contribution in [0.4, 0.5) is 0 Å². The predicted molar refractivity (Wildman–Crippen MR) is 112 cm³/mol. The molecule has 0 fully saturated rings. The summed E-state index contributed by atoms with van der Waals surface area (Å²) < 4.78 is 27.0. The fraction of sp³-hybridized carbons (Fsp3) is 0.600. The van der Waals surface area contributed by atoms with Crippen LogP contribution in [0.15, 0.2) is 34.2 Å². The summed E-state index contributed by atoms with van der Waals surface area (Å²) in [6.45, 7) is 13.6. The molecule has 0 bridgehead atoms. The van der Waals surface area contributed by atoms with Crippen molar-refractivity contribution in [3.63, 3.8) is 0 Å². The molecule has 0 saturated carbocycles. The molecule has 0 spiro atoms. The molecular formula is C20H32N4O3S. The van der Waals surface area contributed by atoms with Crippen LogP contribution >= 0.6 is 0 Å². The maximum Gasteiger partial charge on any atom is 0.263 e. The Balaban J connectivity index is 2.14. The first-order valence-electron chi connectivity index (χ1n) is 9.78. The highest BCUT2D eigenvalue weighted by Crippen LogP contribution is 2.23. The molecule has 8 heteroatoms. The van der Waals surface area contributed by atoms with Gasteiger partial charge in [0.15, 0.2) is 0 Å². The lowest BCUT2D eigenvalue weighted by molar-refractivity contribution is -0.123. The number of amidine groups is 1. The highest BCUT2D eigenvalue weighted by molar-refractivity contribution is 7.90. The van der Waals surface area contributed by atoms with Gasteiger partial charge in [0, 0.05) is 30.7 Å². The van der Waals surface area contributed by atoms with Crippen molar-refractivity contribution < 1.29 is 13.2 Å². The molecule has 1 amide bonds. The summed E-state index contributed by atoms with van der Waals surface area (Å²) in [6, 6.07) is 6.78. The third kappa shape index (κ3) is 5.11. The van der Waals surface area contributed by atoms with Gasteiger partial charge in [-0.15, -0.1) is 0 Å². The van der Waals surface area contributed by atoms with Gasteiger partial charge in [0.25, 0.3) is 10.0 Å². The maximum absolute atomic E-state index is 12.8. The molecule has 7 nitrogen and oxygen atoms in total. The lowest BCUT2D eigenvalue weighted by atomic mass is 10.0. The molecule has 2 rings (SSSR count). The van der Waals surface area contributed by atoms with Crippen LogP contribution in [0.1, 0.15) is 47.1 Å². The summed E-state index contributed by atoms with van der Waals surface area (Å²) >= 11 is 0. The quantitative estimate of drug-likeness (QED) is 0.688. The van der Waals surface area contributed by atoms with Crippen molar-refractivity contribution in [2.24, 2.45) is 10.9 Å². The molecule has 1 atom stereocenters. The maximum atomic E-state index is 12.8. The van der Waals surface area contributed by atoms with Crippen LogP contribution in [0.25, 0.3) is 0 Å². The van der Waals surface area contributed by atoms with Crippen LogP contribution < -0.4 is 10.0 Å². The summed E-state index contributed by atoms with van der Waals surface area (Å²) in [6.07, 6.45) is 0. The third-order valence-electron chi connectivity index (χ3n) is 4.83. The van der Waals surface area contributed by atoms with Gasteiger partial charge in [-0.05, 0) is 45.7 Å². The number of nitrogens with one attached hydrogen (secondary N) is 2. The van der Waals surface area contributed by atoms with Crippen LogP contribution in [0.5, 0.6) is 0 Å². The highest BCUT2D eigenvalue weighted by atomic mass is 32.2. The van der Waals surface area contributed by atoms with Gasteiger partial charge in [0.05, 0.1) is 4.90 Å². The number of hydrogen-bond acceptors (Lipinski definition) is 5. The van der Waals surface area contributed by atoms with Crippen LogP contribution in [-0.4, -0.2) is 56.3 Å².